The third-order valence-corrected chi connectivity index (χ3v) is 5.55. The van der Waals surface area contributed by atoms with Crippen LogP contribution < -0.4 is 0 Å². The minimum Gasteiger partial charge on any atom is -0.160 e. The summed E-state index contributed by atoms with van der Waals surface area (Å²) in [5.74, 6) is 0. The molecule has 0 fully saturated rings. The predicted octanol–water partition coefficient (Wildman–Crippen LogP) is 6.64. The first-order valence-corrected chi connectivity index (χ1v) is 7.14. The third kappa shape index (κ3) is 8.18. The first-order valence-electron chi connectivity index (χ1n) is 3.17. The van der Waals surface area contributed by atoms with Crippen molar-refractivity contribution in [2.24, 2.45) is 0 Å². The van der Waals surface area contributed by atoms with E-state index >= 15 is 0 Å². The maximum atomic E-state index is 10.3. The zero-order chi connectivity index (χ0) is 12.2. The fourth-order valence-corrected chi connectivity index (χ4v) is 2.39. The van der Waals surface area contributed by atoms with E-state index in [2.05, 4.69) is 63.7 Å². The first kappa shape index (κ1) is 16.4. The molecule has 0 spiro atoms. The van der Waals surface area contributed by atoms with E-state index in [0.29, 0.717) is 0 Å². The van der Waals surface area contributed by atoms with Gasteiger partial charge in [0.25, 0.3) is 0 Å². The SMILES string of the molecule is Brc1ccc(Br)c(Br)c1Br.FC(F)(F)Br. The minimum atomic E-state index is -4.19. The molecule has 0 aliphatic carbocycles. The molecule has 0 aliphatic rings. The minimum absolute atomic E-state index is 1.03. The molecule has 0 saturated carbocycles. The van der Waals surface area contributed by atoms with Crippen molar-refractivity contribution in [2.75, 3.05) is 0 Å². The Morgan fingerprint density at radius 3 is 1.20 bits per heavy atom. The molecule has 0 nitrogen and oxygen atoms in total. The molecule has 1 aromatic rings. The van der Waals surface area contributed by atoms with Gasteiger partial charge in [-0.1, -0.05) is 0 Å². The van der Waals surface area contributed by atoms with Crippen LogP contribution in [-0.4, -0.2) is 5.09 Å². The Labute approximate surface area is 127 Å². The highest BCUT2D eigenvalue weighted by atomic mass is 79.9. The lowest BCUT2D eigenvalue weighted by Crippen LogP contribution is -1.88. The number of rotatable bonds is 0. The lowest BCUT2D eigenvalue weighted by atomic mass is 10.4. The van der Waals surface area contributed by atoms with Crippen LogP contribution in [0.3, 0.4) is 0 Å². The summed E-state index contributed by atoms with van der Waals surface area (Å²) in [5, 5.41) is -4.19. The van der Waals surface area contributed by atoms with Gasteiger partial charge in [0.2, 0.25) is 0 Å². The summed E-state index contributed by atoms with van der Waals surface area (Å²) in [7, 11) is 0. The summed E-state index contributed by atoms with van der Waals surface area (Å²) in [6.45, 7) is 0. The smallest absolute Gasteiger partial charge is 0.160 e. The van der Waals surface area contributed by atoms with Crippen LogP contribution in [0.1, 0.15) is 0 Å². The highest BCUT2D eigenvalue weighted by molar-refractivity contribution is 9.15. The van der Waals surface area contributed by atoms with Gasteiger partial charge in [-0.25, -0.2) is 0 Å². The Bertz CT molecular complexity index is 303. The highest BCUT2D eigenvalue weighted by Crippen LogP contribution is 2.35. The summed E-state index contributed by atoms with van der Waals surface area (Å²) in [5.41, 5.74) is 0. The molecule has 8 heteroatoms. The van der Waals surface area contributed by atoms with Gasteiger partial charge in [-0.2, -0.15) is 13.2 Å². The number of hydrogen-bond donors (Lipinski definition) is 0. The van der Waals surface area contributed by atoms with Gasteiger partial charge in [0.15, 0.2) is 0 Å². The molecule has 0 radical (unpaired) electrons. The molecule has 0 aromatic heterocycles. The van der Waals surface area contributed by atoms with Gasteiger partial charge >= 0.3 is 5.09 Å². The largest absolute Gasteiger partial charge is 0.448 e. The second-order valence-corrected chi connectivity index (χ2v) is 6.28. The standard InChI is InChI=1S/C6H2Br4.CBrF3/c7-3-1-2-4(8)6(10)5(3)9;2-1(3,4)5/h1-2H;. The van der Waals surface area contributed by atoms with Gasteiger partial charge in [0, 0.05) is 33.8 Å². The van der Waals surface area contributed by atoms with Crippen molar-refractivity contribution in [3.05, 3.63) is 30.0 Å². The zero-order valence-electron chi connectivity index (χ0n) is 6.68. The molecular formula is C7H2Br5F3. The molecule has 0 aliphatic heterocycles. The van der Waals surface area contributed by atoms with E-state index in [4.69, 9.17) is 0 Å². The Hall–Kier alpha value is 1.41. The number of benzene rings is 1. The molecule has 0 heterocycles. The van der Waals surface area contributed by atoms with Gasteiger partial charge in [-0.05, 0) is 75.9 Å². The van der Waals surface area contributed by atoms with Crippen molar-refractivity contribution in [1.82, 2.24) is 0 Å². The average Bonchev–Trinajstić information content (AvgIpc) is 2.05. The normalized spacial score (nSPS) is 10.7. The molecule has 0 N–H and O–H groups in total. The van der Waals surface area contributed by atoms with E-state index in [1.807, 2.05) is 12.1 Å². The van der Waals surface area contributed by atoms with Gasteiger partial charge < -0.3 is 0 Å². The van der Waals surface area contributed by atoms with Crippen LogP contribution >= 0.6 is 79.6 Å². The van der Waals surface area contributed by atoms with E-state index in [1.165, 1.54) is 15.9 Å². The maximum Gasteiger partial charge on any atom is 0.448 e. The first-order chi connectivity index (χ1) is 6.63. The fraction of sp³-hybridized carbons (Fsp3) is 0.143. The monoisotopic (exact) mass is 538 g/mol. The second-order valence-electron chi connectivity index (χ2n) is 2.09. The summed E-state index contributed by atoms with van der Waals surface area (Å²) in [6, 6.07) is 3.94. The summed E-state index contributed by atoms with van der Waals surface area (Å²) < 4.78 is 35.0. The highest BCUT2D eigenvalue weighted by Gasteiger charge is 2.19. The Kier molecular flexibility index (Phi) is 7.64. The Morgan fingerprint density at radius 2 is 1.00 bits per heavy atom. The lowest BCUT2D eigenvalue weighted by Gasteiger charge is -2.00. The van der Waals surface area contributed by atoms with Crippen LogP contribution in [0, 0.1) is 0 Å². The van der Waals surface area contributed by atoms with E-state index in [1.54, 1.807) is 0 Å². The number of hydrogen-bond acceptors (Lipinski definition) is 0. The molecule has 0 unspecified atom stereocenters. The lowest BCUT2D eigenvalue weighted by molar-refractivity contribution is -0.0245. The summed E-state index contributed by atoms with van der Waals surface area (Å²) >= 11 is 15.0. The second kappa shape index (κ2) is 6.98. The fourth-order valence-electron chi connectivity index (χ4n) is 0.502. The van der Waals surface area contributed by atoms with Crippen LogP contribution in [0.2, 0.25) is 0 Å². The number of alkyl halides is 4. The van der Waals surface area contributed by atoms with E-state index in [-0.39, 0.29) is 0 Å². The quantitative estimate of drug-likeness (QED) is 0.196. The third-order valence-electron chi connectivity index (χ3n) is 0.988. The van der Waals surface area contributed by atoms with Crippen molar-refractivity contribution in [2.45, 2.75) is 5.09 Å². The maximum absolute atomic E-state index is 10.3. The van der Waals surface area contributed by atoms with Crippen LogP contribution in [0.25, 0.3) is 0 Å². The predicted molar refractivity (Wildman–Crippen MR) is 72.2 cm³/mol. The van der Waals surface area contributed by atoms with Crippen LogP contribution in [0.4, 0.5) is 13.2 Å². The van der Waals surface area contributed by atoms with E-state index in [0.717, 1.165) is 17.9 Å². The van der Waals surface area contributed by atoms with Crippen LogP contribution in [-0.2, 0) is 0 Å². The molecule has 1 rings (SSSR count). The molecule has 0 atom stereocenters. The summed E-state index contributed by atoms with van der Waals surface area (Å²) in [6.07, 6.45) is 0. The Morgan fingerprint density at radius 1 is 0.800 bits per heavy atom. The van der Waals surface area contributed by atoms with Crippen LogP contribution in [0.5, 0.6) is 0 Å². The van der Waals surface area contributed by atoms with Gasteiger partial charge in [0.1, 0.15) is 0 Å². The van der Waals surface area contributed by atoms with E-state index < -0.39 is 5.09 Å². The number of halogens is 8. The van der Waals surface area contributed by atoms with Gasteiger partial charge in [-0.3, -0.25) is 0 Å². The molecule has 86 valence electrons. The molecule has 15 heavy (non-hydrogen) atoms. The topological polar surface area (TPSA) is 0 Å². The van der Waals surface area contributed by atoms with Crippen molar-refractivity contribution < 1.29 is 13.2 Å². The van der Waals surface area contributed by atoms with Gasteiger partial charge in [0.05, 0.1) is 0 Å². The van der Waals surface area contributed by atoms with E-state index in [9.17, 15) is 13.2 Å². The molecule has 1 aromatic carbocycles. The van der Waals surface area contributed by atoms with Gasteiger partial charge in [-0.15, -0.1) is 0 Å². The van der Waals surface area contributed by atoms with Crippen molar-refractivity contribution in [3.63, 3.8) is 0 Å². The van der Waals surface area contributed by atoms with Crippen LogP contribution in [0.15, 0.2) is 30.0 Å². The molecule has 0 amide bonds. The molecule has 0 bridgehead atoms. The zero-order valence-corrected chi connectivity index (χ0v) is 14.6. The Balaban J connectivity index is 0.000000336. The summed E-state index contributed by atoms with van der Waals surface area (Å²) in [4.78, 5) is 0. The molecule has 0 saturated heterocycles. The average molecular weight is 543 g/mol. The molecular weight excluding hydrogens is 541 g/mol. The van der Waals surface area contributed by atoms with Crippen molar-refractivity contribution in [1.29, 1.82) is 0 Å². The van der Waals surface area contributed by atoms with Crippen molar-refractivity contribution in [3.8, 4) is 0 Å². The van der Waals surface area contributed by atoms with Crippen molar-refractivity contribution >= 4 is 79.6 Å².